The van der Waals surface area contributed by atoms with Crippen LogP contribution in [0, 0.1) is 5.92 Å². The largest absolute Gasteiger partial charge is 0.382 e. The summed E-state index contributed by atoms with van der Waals surface area (Å²) >= 11 is 1.80. The van der Waals surface area contributed by atoms with Crippen molar-refractivity contribution in [2.24, 2.45) is 5.92 Å². The average molecular weight is 251 g/mol. The van der Waals surface area contributed by atoms with Crippen molar-refractivity contribution >= 4 is 17.4 Å². The quantitative estimate of drug-likeness (QED) is 0.682. The molecule has 0 aromatic heterocycles. The number of rotatable bonds is 7. The van der Waals surface area contributed by atoms with E-state index < -0.39 is 0 Å². The number of benzene rings is 1. The van der Waals surface area contributed by atoms with Gasteiger partial charge in [-0.1, -0.05) is 33.3 Å². The third-order valence-electron chi connectivity index (χ3n) is 3.32. The average Bonchev–Trinajstić information content (AvgIpc) is 2.37. The maximum Gasteiger partial charge on any atom is 0.0353 e. The lowest BCUT2D eigenvalue weighted by Gasteiger charge is -2.21. The second-order valence-corrected chi connectivity index (χ2v) is 5.61. The molecule has 0 saturated heterocycles. The predicted molar refractivity (Wildman–Crippen MR) is 80.0 cm³/mol. The smallest absolute Gasteiger partial charge is 0.0353 e. The highest BCUT2D eigenvalue weighted by Gasteiger charge is 2.10. The maximum atomic E-state index is 3.66. The van der Waals surface area contributed by atoms with E-state index in [0.717, 1.165) is 5.92 Å². The van der Waals surface area contributed by atoms with E-state index in [1.807, 2.05) is 0 Å². The topological polar surface area (TPSA) is 12.0 Å². The third kappa shape index (κ3) is 5.03. The Morgan fingerprint density at radius 2 is 2.00 bits per heavy atom. The Kier molecular flexibility index (Phi) is 6.49. The molecule has 0 saturated carbocycles. The molecule has 0 aliphatic carbocycles. The molecule has 2 unspecified atom stereocenters. The summed E-state index contributed by atoms with van der Waals surface area (Å²) in [7, 11) is 0. The van der Waals surface area contributed by atoms with Gasteiger partial charge >= 0.3 is 0 Å². The van der Waals surface area contributed by atoms with Crippen molar-refractivity contribution in [2.75, 3.05) is 11.6 Å². The van der Waals surface area contributed by atoms with Gasteiger partial charge in [-0.2, -0.15) is 0 Å². The van der Waals surface area contributed by atoms with Gasteiger partial charge in [-0.15, -0.1) is 11.8 Å². The first-order valence-corrected chi connectivity index (χ1v) is 7.82. The number of hydrogen-bond donors (Lipinski definition) is 1. The van der Waals surface area contributed by atoms with Gasteiger partial charge in [0, 0.05) is 16.6 Å². The zero-order valence-electron chi connectivity index (χ0n) is 11.5. The van der Waals surface area contributed by atoms with Crippen molar-refractivity contribution in [2.45, 2.75) is 51.0 Å². The maximum absolute atomic E-state index is 3.66. The van der Waals surface area contributed by atoms with Crippen LogP contribution in [0.5, 0.6) is 0 Å². The summed E-state index contributed by atoms with van der Waals surface area (Å²) in [5.74, 6) is 0.802. The van der Waals surface area contributed by atoms with E-state index in [1.54, 1.807) is 11.8 Å². The fourth-order valence-corrected chi connectivity index (χ4v) is 2.39. The van der Waals surface area contributed by atoms with Crippen LogP contribution in [0.3, 0.4) is 0 Å². The SMILES string of the molecule is CCC(C)CC(CC)Nc1cccc(SC)c1. The number of hydrogen-bond acceptors (Lipinski definition) is 2. The Hall–Kier alpha value is -0.630. The summed E-state index contributed by atoms with van der Waals surface area (Å²) in [6.45, 7) is 6.87. The standard InChI is InChI=1S/C15H25NS/c1-5-12(3)10-13(6-2)16-14-8-7-9-15(11-14)17-4/h7-9,11-13,16H,5-6,10H2,1-4H3. The summed E-state index contributed by atoms with van der Waals surface area (Å²) in [5, 5.41) is 3.66. The second-order valence-electron chi connectivity index (χ2n) is 4.73. The minimum atomic E-state index is 0.599. The molecule has 0 amide bonds. The van der Waals surface area contributed by atoms with Crippen LogP contribution in [0.4, 0.5) is 5.69 Å². The van der Waals surface area contributed by atoms with E-state index in [9.17, 15) is 0 Å². The van der Waals surface area contributed by atoms with Crippen molar-refractivity contribution in [3.8, 4) is 0 Å². The zero-order valence-corrected chi connectivity index (χ0v) is 12.3. The van der Waals surface area contributed by atoms with Gasteiger partial charge in [0.2, 0.25) is 0 Å². The monoisotopic (exact) mass is 251 g/mol. The summed E-state index contributed by atoms with van der Waals surface area (Å²) in [6, 6.07) is 9.29. The minimum absolute atomic E-state index is 0.599. The highest BCUT2D eigenvalue weighted by molar-refractivity contribution is 7.98. The summed E-state index contributed by atoms with van der Waals surface area (Å²) < 4.78 is 0. The minimum Gasteiger partial charge on any atom is -0.382 e. The summed E-state index contributed by atoms with van der Waals surface area (Å²) in [6.07, 6.45) is 5.84. The van der Waals surface area contributed by atoms with Gasteiger partial charge in [0.15, 0.2) is 0 Å². The Balaban J connectivity index is 2.60. The third-order valence-corrected chi connectivity index (χ3v) is 4.04. The molecule has 0 aliphatic heterocycles. The molecule has 0 spiro atoms. The summed E-state index contributed by atoms with van der Waals surface area (Å²) in [5.41, 5.74) is 1.26. The van der Waals surface area contributed by atoms with Crippen LogP contribution < -0.4 is 5.32 Å². The first-order valence-electron chi connectivity index (χ1n) is 6.60. The first kappa shape index (κ1) is 14.4. The number of nitrogens with one attached hydrogen (secondary N) is 1. The molecule has 1 rings (SSSR count). The molecule has 2 atom stereocenters. The Labute approximate surface area is 110 Å². The number of anilines is 1. The van der Waals surface area contributed by atoms with Crippen LogP contribution in [0.2, 0.25) is 0 Å². The molecule has 0 aliphatic rings. The molecule has 1 nitrogen and oxygen atoms in total. The van der Waals surface area contributed by atoms with Crippen molar-refractivity contribution in [1.29, 1.82) is 0 Å². The van der Waals surface area contributed by atoms with Crippen LogP contribution >= 0.6 is 11.8 Å². The van der Waals surface area contributed by atoms with E-state index in [4.69, 9.17) is 0 Å². The molecule has 0 fully saturated rings. The van der Waals surface area contributed by atoms with Gasteiger partial charge in [-0.05, 0) is 43.2 Å². The van der Waals surface area contributed by atoms with E-state index in [0.29, 0.717) is 6.04 Å². The molecule has 0 heterocycles. The van der Waals surface area contributed by atoms with Crippen LogP contribution in [-0.2, 0) is 0 Å². The van der Waals surface area contributed by atoms with Crippen LogP contribution in [-0.4, -0.2) is 12.3 Å². The predicted octanol–water partition coefficient (Wildman–Crippen LogP) is 5.04. The lowest BCUT2D eigenvalue weighted by atomic mass is 9.97. The normalized spacial score (nSPS) is 14.4. The molecule has 1 aromatic carbocycles. The van der Waals surface area contributed by atoms with Crippen molar-refractivity contribution in [1.82, 2.24) is 0 Å². The molecule has 1 aromatic rings. The van der Waals surface area contributed by atoms with Gasteiger partial charge in [0.05, 0.1) is 0 Å². The molecule has 2 heteroatoms. The Bertz CT molecular complexity index is 324. The molecule has 1 N–H and O–H groups in total. The van der Waals surface area contributed by atoms with Crippen molar-refractivity contribution in [3.05, 3.63) is 24.3 Å². The molecular formula is C15H25NS. The van der Waals surface area contributed by atoms with E-state index in [2.05, 4.69) is 56.6 Å². The highest BCUT2D eigenvalue weighted by atomic mass is 32.2. The van der Waals surface area contributed by atoms with E-state index in [1.165, 1.54) is 29.8 Å². The molecular weight excluding hydrogens is 226 g/mol. The van der Waals surface area contributed by atoms with Gasteiger partial charge in [-0.25, -0.2) is 0 Å². The fourth-order valence-electron chi connectivity index (χ4n) is 1.93. The summed E-state index contributed by atoms with van der Waals surface area (Å²) in [4.78, 5) is 1.33. The highest BCUT2D eigenvalue weighted by Crippen LogP contribution is 2.22. The van der Waals surface area contributed by atoms with Gasteiger partial charge in [0.1, 0.15) is 0 Å². The fraction of sp³-hybridized carbons (Fsp3) is 0.600. The van der Waals surface area contributed by atoms with Gasteiger partial charge in [-0.3, -0.25) is 0 Å². The zero-order chi connectivity index (χ0) is 12.7. The lowest BCUT2D eigenvalue weighted by molar-refractivity contribution is 0.462. The molecule has 17 heavy (non-hydrogen) atoms. The molecule has 96 valence electrons. The first-order chi connectivity index (χ1) is 8.19. The van der Waals surface area contributed by atoms with E-state index >= 15 is 0 Å². The lowest BCUT2D eigenvalue weighted by Crippen LogP contribution is -2.21. The van der Waals surface area contributed by atoms with Crippen LogP contribution in [0.25, 0.3) is 0 Å². The van der Waals surface area contributed by atoms with Crippen LogP contribution in [0.15, 0.2) is 29.2 Å². The van der Waals surface area contributed by atoms with E-state index in [-0.39, 0.29) is 0 Å². The van der Waals surface area contributed by atoms with Gasteiger partial charge < -0.3 is 5.32 Å². The molecule has 0 radical (unpaired) electrons. The second kappa shape index (κ2) is 7.65. The van der Waals surface area contributed by atoms with Gasteiger partial charge in [0.25, 0.3) is 0 Å². The number of thioether (sulfide) groups is 1. The Morgan fingerprint density at radius 3 is 2.59 bits per heavy atom. The van der Waals surface area contributed by atoms with Crippen molar-refractivity contribution in [3.63, 3.8) is 0 Å². The van der Waals surface area contributed by atoms with Crippen molar-refractivity contribution < 1.29 is 0 Å². The van der Waals surface area contributed by atoms with Crippen LogP contribution in [0.1, 0.15) is 40.0 Å². The Morgan fingerprint density at radius 1 is 1.24 bits per heavy atom. The molecule has 0 bridgehead atoms.